The Bertz CT molecular complexity index is 403. The molecule has 2 nitrogen and oxygen atoms in total. The Kier molecular flexibility index (Phi) is 3.39. The summed E-state index contributed by atoms with van der Waals surface area (Å²) < 4.78 is 6.82. The highest BCUT2D eigenvalue weighted by atomic mass is 79.9. The first-order chi connectivity index (χ1) is 8.33. The molecule has 1 atom stereocenters. The molecular weight excluding hydrogens is 278 g/mol. The van der Waals surface area contributed by atoms with Crippen LogP contribution in [0.25, 0.3) is 0 Å². The maximum absolute atomic E-state index is 5.69. The molecule has 0 spiro atoms. The van der Waals surface area contributed by atoms with Crippen LogP contribution < -0.4 is 10.1 Å². The van der Waals surface area contributed by atoms with Gasteiger partial charge in [-0.3, -0.25) is 0 Å². The summed E-state index contributed by atoms with van der Waals surface area (Å²) in [5.41, 5.74) is 1.31. The van der Waals surface area contributed by atoms with Gasteiger partial charge in [-0.1, -0.05) is 28.8 Å². The summed E-state index contributed by atoms with van der Waals surface area (Å²) >= 11 is 3.54. The van der Waals surface area contributed by atoms with Crippen LogP contribution in [0.1, 0.15) is 37.3 Å². The minimum atomic E-state index is 0.468. The highest BCUT2D eigenvalue weighted by molar-refractivity contribution is 9.10. The van der Waals surface area contributed by atoms with Gasteiger partial charge in [0, 0.05) is 22.5 Å². The van der Waals surface area contributed by atoms with Crippen LogP contribution in [0.15, 0.2) is 22.7 Å². The average molecular weight is 296 g/mol. The molecule has 1 heterocycles. The number of hydrogen-bond donors (Lipinski definition) is 1. The van der Waals surface area contributed by atoms with Gasteiger partial charge in [0.1, 0.15) is 5.75 Å². The first-order valence-electron chi connectivity index (χ1n) is 6.48. The number of nitrogens with one attached hydrogen (secondary N) is 1. The molecule has 0 aromatic heterocycles. The van der Waals surface area contributed by atoms with Crippen molar-refractivity contribution in [1.29, 1.82) is 0 Å². The van der Waals surface area contributed by atoms with Crippen molar-refractivity contribution in [3.63, 3.8) is 0 Å². The quantitative estimate of drug-likeness (QED) is 0.915. The van der Waals surface area contributed by atoms with Crippen molar-refractivity contribution in [2.45, 2.75) is 31.7 Å². The number of hydrogen-bond acceptors (Lipinski definition) is 2. The highest BCUT2D eigenvalue weighted by Crippen LogP contribution is 2.35. The van der Waals surface area contributed by atoms with E-state index in [1.54, 1.807) is 0 Å². The van der Waals surface area contributed by atoms with Gasteiger partial charge in [0.15, 0.2) is 0 Å². The van der Waals surface area contributed by atoms with Crippen LogP contribution in [0.2, 0.25) is 0 Å². The minimum Gasteiger partial charge on any atom is -0.493 e. The van der Waals surface area contributed by atoms with E-state index in [9.17, 15) is 0 Å². The lowest BCUT2D eigenvalue weighted by atomic mass is 10.0. The summed E-state index contributed by atoms with van der Waals surface area (Å²) in [5, 5.41) is 3.68. The lowest BCUT2D eigenvalue weighted by molar-refractivity contribution is 0.252. The summed E-state index contributed by atoms with van der Waals surface area (Å²) in [5.74, 6) is 2.05. The van der Waals surface area contributed by atoms with E-state index in [0.717, 1.165) is 35.7 Å². The molecule has 1 aliphatic carbocycles. The van der Waals surface area contributed by atoms with Gasteiger partial charge in [-0.05, 0) is 37.1 Å². The van der Waals surface area contributed by atoms with E-state index in [1.165, 1.54) is 24.8 Å². The number of fused-ring (bicyclic) bond motifs is 1. The van der Waals surface area contributed by atoms with Crippen molar-refractivity contribution in [3.8, 4) is 5.75 Å². The van der Waals surface area contributed by atoms with E-state index in [-0.39, 0.29) is 0 Å². The fourth-order valence-electron chi connectivity index (χ4n) is 2.45. The molecular formula is C14H18BrNO. The molecule has 1 aromatic carbocycles. The summed E-state index contributed by atoms with van der Waals surface area (Å²) in [4.78, 5) is 0. The fraction of sp³-hybridized carbons (Fsp3) is 0.571. The molecule has 1 unspecified atom stereocenters. The molecule has 0 bridgehead atoms. The second-order valence-electron chi connectivity index (χ2n) is 5.06. The molecule has 0 amide bonds. The molecule has 2 aliphatic rings. The Morgan fingerprint density at radius 1 is 1.29 bits per heavy atom. The zero-order valence-corrected chi connectivity index (χ0v) is 11.5. The van der Waals surface area contributed by atoms with Gasteiger partial charge in [0.2, 0.25) is 0 Å². The first-order valence-corrected chi connectivity index (χ1v) is 7.28. The summed E-state index contributed by atoms with van der Waals surface area (Å²) in [6, 6.07) is 6.76. The number of benzene rings is 1. The third kappa shape index (κ3) is 2.83. The first kappa shape index (κ1) is 11.5. The van der Waals surface area contributed by atoms with Crippen molar-refractivity contribution < 1.29 is 4.74 Å². The van der Waals surface area contributed by atoms with Gasteiger partial charge in [0.05, 0.1) is 6.61 Å². The molecule has 1 aliphatic heterocycles. The Labute approximate surface area is 111 Å². The molecule has 17 heavy (non-hydrogen) atoms. The zero-order valence-electron chi connectivity index (χ0n) is 9.92. The van der Waals surface area contributed by atoms with E-state index in [0.29, 0.717) is 6.04 Å². The van der Waals surface area contributed by atoms with E-state index in [2.05, 4.69) is 33.4 Å². The Hall–Kier alpha value is -0.540. The molecule has 92 valence electrons. The molecule has 1 N–H and O–H groups in total. The number of halogens is 1. The third-order valence-electron chi connectivity index (χ3n) is 3.65. The molecule has 0 radical (unpaired) electrons. The standard InChI is InChI=1S/C14H18BrNO/c15-11-3-4-14-12(9-11)13(6-8-17-14)16-7-5-10-1-2-10/h3-4,9-10,13,16H,1-2,5-8H2. The van der Waals surface area contributed by atoms with Gasteiger partial charge in [0.25, 0.3) is 0 Å². The van der Waals surface area contributed by atoms with E-state index >= 15 is 0 Å². The Morgan fingerprint density at radius 2 is 2.18 bits per heavy atom. The van der Waals surface area contributed by atoms with Crippen LogP contribution in [0.4, 0.5) is 0 Å². The van der Waals surface area contributed by atoms with Gasteiger partial charge >= 0.3 is 0 Å². The maximum Gasteiger partial charge on any atom is 0.124 e. The minimum absolute atomic E-state index is 0.468. The molecule has 1 fully saturated rings. The van der Waals surface area contributed by atoms with Gasteiger partial charge in [-0.2, -0.15) is 0 Å². The molecule has 0 saturated heterocycles. The van der Waals surface area contributed by atoms with Crippen molar-refractivity contribution in [2.24, 2.45) is 5.92 Å². The number of ether oxygens (including phenoxy) is 1. The zero-order chi connectivity index (χ0) is 11.7. The lowest BCUT2D eigenvalue weighted by Gasteiger charge is -2.27. The van der Waals surface area contributed by atoms with Crippen LogP contribution in [-0.2, 0) is 0 Å². The SMILES string of the molecule is Brc1ccc2c(c1)C(NCCC1CC1)CCO2. The molecule has 3 heteroatoms. The fourth-order valence-corrected chi connectivity index (χ4v) is 2.82. The van der Waals surface area contributed by atoms with Crippen LogP contribution in [0.5, 0.6) is 5.75 Å². The maximum atomic E-state index is 5.69. The van der Waals surface area contributed by atoms with Crippen molar-refractivity contribution in [3.05, 3.63) is 28.2 Å². The second kappa shape index (κ2) is 4.99. The molecule has 1 aromatic rings. The monoisotopic (exact) mass is 295 g/mol. The van der Waals surface area contributed by atoms with Gasteiger partial charge in [-0.15, -0.1) is 0 Å². The third-order valence-corrected chi connectivity index (χ3v) is 4.14. The van der Waals surface area contributed by atoms with Crippen molar-refractivity contribution in [1.82, 2.24) is 5.32 Å². The Morgan fingerprint density at radius 3 is 3.00 bits per heavy atom. The lowest BCUT2D eigenvalue weighted by Crippen LogP contribution is -2.28. The van der Waals surface area contributed by atoms with E-state index in [1.807, 2.05) is 6.07 Å². The van der Waals surface area contributed by atoms with E-state index in [4.69, 9.17) is 4.74 Å². The predicted molar refractivity (Wildman–Crippen MR) is 72.3 cm³/mol. The van der Waals surface area contributed by atoms with Crippen LogP contribution in [0, 0.1) is 5.92 Å². The topological polar surface area (TPSA) is 21.3 Å². The largest absolute Gasteiger partial charge is 0.493 e. The summed E-state index contributed by atoms with van der Waals surface area (Å²) in [6.45, 7) is 1.97. The normalized spacial score (nSPS) is 23.0. The second-order valence-corrected chi connectivity index (χ2v) is 5.97. The summed E-state index contributed by atoms with van der Waals surface area (Å²) in [6.07, 6.45) is 5.30. The van der Waals surface area contributed by atoms with Gasteiger partial charge in [-0.25, -0.2) is 0 Å². The highest BCUT2D eigenvalue weighted by Gasteiger charge is 2.23. The van der Waals surface area contributed by atoms with Gasteiger partial charge < -0.3 is 10.1 Å². The van der Waals surface area contributed by atoms with Crippen molar-refractivity contribution in [2.75, 3.05) is 13.2 Å². The van der Waals surface area contributed by atoms with Crippen molar-refractivity contribution >= 4 is 15.9 Å². The van der Waals surface area contributed by atoms with Crippen LogP contribution in [-0.4, -0.2) is 13.2 Å². The molecule has 1 saturated carbocycles. The molecule has 3 rings (SSSR count). The number of rotatable bonds is 4. The summed E-state index contributed by atoms with van der Waals surface area (Å²) in [7, 11) is 0. The predicted octanol–water partition coefficient (Wildman–Crippen LogP) is 3.66. The van der Waals surface area contributed by atoms with E-state index < -0.39 is 0 Å². The smallest absolute Gasteiger partial charge is 0.124 e. The Balaban J connectivity index is 1.66. The van der Waals surface area contributed by atoms with Crippen LogP contribution in [0.3, 0.4) is 0 Å². The van der Waals surface area contributed by atoms with Crippen LogP contribution >= 0.6 is 15.9 Å². The average Bonchev–Trinajstić information content (AvgIpc) is 3.14.